The average Bonchev–Trinajstić information content (AvgIpc) is 3.01. The maximum atomic E-state index is 12.0. The summed E-state index contributed by atoms with van der Waals surface area (Å²) in [6.45, 7) is 0.941. The molecule has 0 atom stereocenters. The van der Waals surface area contributed by atoms with Gasteiger partial charge in [0.05, 0.1) is 12.2 Å². The van der Waals surface area contributed by atoms with E-state index in [9.17, 15) is 9.59 Å². The van der Waals surface area contributed by atoms with Crippen LogP contribution in [0.2, 0.25) is 0 Å². The van der Waals surface area contributed by atoms with Crippen LogP contribution in [0.15, 0.2) is 10.9 Å². The smallest absolute Gasteiger partial charge is 0.267 e. The third-order valence-electron chi connectivity index (χ3n) is 5.17. The van der Waals surface area contributed by atoms with E-state index in [1.54, 1.807) is 6.07 Å². The monoisotopic (exact) mass is 317 g/mol. The molecule has 0 spiro atoms. The third kappa shape index (κ3) is 4.43. The van der Waals surface area contributed by atoms with Gasteiger partial charge < -0.3 is 5.32 Å². The van der Waals surface area contributed by atoms with Gasteiger partial charge in [-0.05, 0) is 37.2 Å². The van der Waals surface area contributed by atoms with Crippen LogP contribution in [0.4, 0.5) is 0 Å². The maximum Gasteiger partial charge on any atom is 0.267 e. The fraction of sp³-hybridized carbons (Fsp3) is 0.722. The molecular weight excluding hydrogens is 290 g/mol. The highest BCUT2D eigenvalue weighted by Gasteiger charge is 2.16. The second kappa shape index (κ2) is 7.75. The molecule has 0 aliphatic heterocycles. The zero-order chi connectivity index (χ0) is 16.1. The molecule has 0 saturated heterocycles. The van der Waals surface area contributed by atoms with Gasteiger partial charge in [0.2, 0.25) is 5.91 Å². The van der Waals surface area contributed by atoms with E-state index in [4.69, 9.17) is 0 Å². The Morgan fingerprint density at radius 2 is 2.04 bits per heavy atom. The van der Waals surface area contributed by atoms with Gasteiger partial charge in [-0.15, -0.1) is 0 Å². The van der Waals surface area contributed by atoms with Gasteiger partial charge in [-0.3, -0.25) is 9.59 Å². The summed E-state index contributed by atoms with van der Waals surface area (Å²) in [6, 6.07) is 1.71. The van der Waals surface area contributed by atoms with Gasteiger partial charge in [-0.1, -0.05) is 32.1 Å². The molecular formula is C18H27N3O2. The standard InChI is InChI=1S/C18H27N3O2/c22-17(10-9-14-5-2-1-3-6-14)19-11-12-21-18(23)13-15-7-4-8-16(15)20-21/h13-14H,1-12H2,(H,19,22). The summed E-state index contributed by atoms with van der Waals surface area (Å²) in [5, 5.41) is 7.35. The number of rotatable bonds is 6. The summed E-state index contributed by atoms with van der Waals surface area (Å²) in [5.41, 5.74) is 2.10. The zero-order valence-electron chi connectivity index (χ0n) is 13.9. The molecule has 3 rings (SSSR count). The van der Waals surface area contributed by atoms with Crippen molar-refractivity contribution in [3.63, 3.8) is 0 Å². The third-order valence-corrected chi connectivity index (χ3v) is 5.17. The fourth-order valence-corrected chi connectivity index (χ4v) is 3.80. The summed E-state index contributed by atoms with van der Waals surface area (Å²) in [6.07, 6.45) is 11.2. The Kier molecular flexibility index (Phi) is 5.47. The maximum absolute atomic E-state index is 12.0. The van der Waals surface area contributed by atoms with E-state index in [1.165, 1.54) is 36.8 Å². The number of hydrogen-bond acceptors (Lipinski definition) is 3. The number of aryl methyl sites for hydroxylation is 2. The number of carbonyl (C=O) groups is 1. The topological polar surface area (TPSA) is 64.0 Å². The lowest BCUT2D eigenvalue weighted by Crippen LogP contribution is -2.32. The fourth-order valence-electron chi connectivity index (χ4n) is 3.80. The van der Waals surface area contributed by atoms with Crippen LogP contribution in [0.1, 0.15) is 62.6 Å². The highest BCUT2D eigenvalue weighted by Crippen LogP contribution is 2.27. The van der Waals surface area contributed by atoms with Crippen LogP contribution in [0.3, 0.4) is 0 Å². The Morgan fingerprint density at radius 3 is 2.87 bits per heavy atom. The van der Waals surface area contributed by atoms with E-state index >= 15 is 0 Å². The van der Waals surface area contributed by atoms with Gasteiger partial charge in [0.15, 0.2) is 0 Å². The summed E-state index contributed by atoms with van der Waals surface area (Å²) < 4.78 is 1.49. The summed E-state index contributed by atoms with van der Waals surface area (Å²) in [4.78, 5) is 23.9. The molecule has 23 heavy (non-hydrogen) atoms. The van der Waals surface area contributed by atoms with E-state index in [0.29, 0.717) is 19.5 Å². The Balaban J connectivity index is 1.40. The first-order chi connectivity index (χ1) is 11.2. The number of fused-ring (bicyclic) bond motifs is 1. The molecule has 2 aliphatic rings. The highest BCUT2D eigenvalue weighted by molar-refractivity contribution is 5.75. The van der Waals surface area contributed by atoms with E-state index in [0.717, 1.165) is 42.9 Å². The molecule has 0 aromatic carbocycles. The zero-order valence-corrected chi connectivity index (χ0v) is 13.9. The van der Waals surface area contributed by atoms with Crippen molar-refractivity contribution in [1.82, 2.24) is 15.1 Å². The number of aromatic nitrogens is 2. The molecule has 5 heteroatoms. The minimum atomic E-state index is -0.0536. The molecule has 2 aliphatic carbocycles. The minimum absolute atomic E-state index is 0.0536. The number of hydrogen-bond donors (Lipinski definition) is 1. The second-order valence-corrected chi connectivity index (χ2v) is 6.92. The number of carbonyl (C=O) groups excluding carboxylic acids is 1. The van der Waals surface area contributed by atoms with Crippen molar-refractivity contribution in [3.8, 4) is 0 Å². The van der Waals surface area contributed by atoms with Crippen LogP contribution >= 0.6 is 0 Å². The summed E-state index contributed by atoms with van der Waals surface area (Å²) in [5.74, 6) is 0.834. The predicted molar refractivity (Wildman–Crippen MR) is 89.3 cm³/mol. The van der Waals surface area contributed by atoms with Gasteiger partial charge in [0.25, 0.3) is 5.56 Å². The lowest BCUT2D eigenvalue weighted by atomic mass is 9.86. The average molecular weight is 317 g/mol. The molecule has 1 heterocycles. The summed E-state index contributed by atoms with van der Waals surface area (Å²) in [7, 11) is 0. The van der Waals surface area contributed by atoms with Crippen LogP contribution in [0, 0.1) is 5.92 Å². The molecule has 1 aromatic rings. The molecule has 1 fully saturated rings. The molecule has 0 unspecified atom stereocenters. The van der Waals surface area contributed by atoms with Gasteiger partial charge >= 0.3 is 0 Å². The van der Waals surface area contributed by atoms with Gasteiger partial charge in [-0.25, -0.2) is 4.68 Å². The highest BCUT2D eigenvalue weighted by atomic mass is 16.1. The van der Waals surface area contributed by atoms with Gasteiger partial charge in [0, 0.05) is 19.0 Å². The van der Waals surface area contributed by atoms with Crippen molar-refractivity contribution in [2.45, 2.75) is 70.8 Å². The Hall–Kier alpha value is -1.65. The van der Waals surface area contributed by atoms with Crippen LogP contribution in [-0.2, 0) is 24.2 Å². The SMILES string of the molecule is O=C(CCC1CCCCC1)NCCn1nc2c(cc1=O)CCC2. The van der Waals surface area contributed by atoms with Crippen LogP contribution < -0.4 is 10.9 Å². The van der Waals surface area contributed by atoms with E-state index in [-0.39, 0.29) is 11.5 Å². The van der Waals surface area contributed by atoms with Crippen LogP contribution in [0.5, 0.6) is 0 Å². The minimum Gasteiger partial charge on any atom is -0.354 e. The second-order valence-electron chi connectivity index (χ2n) is 6.92. The van der Waals surface area contributed by atoms with Crippen molar-refractivity contribution < 1.29 is 4.79 Å². The quantitative estimate of drug-likeness (QED) is 0.875. The molecule has 1 N–H and O–H groups in total. The first-order valence-corrected chi connectivity index (χ1v) is 9.09. The van der Waals surface area contributed by atoms with Crippen molar-refractivity contribution >= 4 is 5.91 Å². The number of nitrogens with one attached hydrogen (secondary N) is 1. The van der Waals surface area contributed by atoms with Crippen molar-refractivity contribution in [1.29, 1.82) is 0 Å². The molecule has 1 saturated carbocycles. The molecule has 1 aromatic heterocycles. The molecule has 0 bridgehead atoms. The first-order valence-electron chi connectivity index (χ1n) is 9.09. The molecule has 0 radical (unpaired) electrons. The van der Waals surface area contributed by atoms with Crippen LogP contribution in [-0.4, -0.2) is 22.2 Å². The van der Waals surface area contributed by atoms with Crippen LogP contribution in [0.25, 0.3) is 0 Å². The number of amides is 1. The van der Waals surface area contributed by atoms with E-state index in [2.05, 4.69) is 10.4 Å². The first kappa shape index (κ1) is 16.2. The summed E-state index contributed by atoms with van der Waals surface area (Å²) >= 11 is 0. The van der Waals surface area contributed by atoms with E-state index < -0.39 is 0 Å². The van der Waals surface area contributed by atoms with E-state index in [1.807, 2.05) is 0 Å². The Morgan fingerprint density at radius 1 is 1.22 bits per heavy atom. The largest absolute Gasteiger partial charge is 0.354 e. The van der Waals surface area contributed by atoms with Gasteiger partial charge in [-0.2, -0.15) is 5.10 Å². The Bertz CT molecular complexity index is 603. The van der Waals surface area contributed by atoms with Crippen molar-refractivity contribution in [3.05, 3.63) is 27.7 Å². The molecule has 5 nitrogen and oxygen atoms in total. The normalized spacial score (nSPS) is 17.9. The lowest BCUT2D eigenvalue weighted by Gasteiger charge is -2.21. The molecule has 1 amide bonds. The Labute approximate surface area is 137 Å². The lowest BCUT2D eigenvalue weighted by molar-refractivity contribution is -0.121. The van der Waals surface area contributed by atoms with Gasteiger partial charge in [0.1, 0.15) is 0 Å². The number of nitrogens with zero attached hydrogens (tertiary/aromatic N) is 2. The van der Waals surface area contributed by atoms with Crippen molar-refractivity contribution in [2.75, 3.05) is 6.54 Å². The molecule has 126 valence electrons. The van der Waals surface area contributed by atoms with Crippen molar-refractivity contribution in [2.24, 2.45) is 5.92 Å². The predicted octanol–water partition coefficient (Wildman–Crippen LogP) is 2.21.